The van der Waals surface area contributed by atoms with Gasteiger partial charge in [-0.15, -0.1) is 10.2 Å². The number of halogens is 2. The zero-order chi connectivity index (χ0) is 18.0. The van der Waals surface area contributed by atoms with Gasteiger partial charge in [0.25, 0.3) is 0 Å². The van der Waals surface area contributed by atoms with Crippen LogP contribution in [0.1, 0.15) is 6.92 Å². The highest BCUT2D eigenvalue weighted by atomic mass is 35.5. The zero-order valence-corrected chi connectivity index (χ0v) is 15.6. The van der Waals surface area contributed by atoms with Gasteiger partial charge >= 0.3 is 0 Å². The predicted octanol–water partition coefficient (Wildman–Crippen LogP) is 3.90. The maximum Gasteiger partial charge on any atom is 0.238 e. The lowest BCUT2D eigenvalue weighted by molar-refractivity contribution is -0.115. The molecule has 0 aliphatic rings. The van der Waals surface area contributed by atoms with E-state index in [2.05, 4.69) is 20.5 Å². The molecule has 3 aromatic rings. The van der Waals surface area contributed by atoms with E-state index in [-0.39, 0.29) is 16.7 Å². The molecule has 0 spiro atoms. The van der Waals surface area contributed by atoms with Gasteiger partial charge in [0.05, 0.1) is 21.6 Å². The molecular weight excluding hydrogens is 385 g/mol. The Kier molecular flexibility index (Phi) is 5.31. The van der Waals surface area contributed by atoms with Gasteiger partial charge in [-0.05, 0) is 25.1 Å². The molecule has 1 unspecified atom stereocenters. The molecule has 1 amide bonds. The Hall–Kier alpha value is -2.03. The van der Waals surface area contributed by atoms with Gasteiger partial charge in [-0.1, -0.05) is 35.0 Å². The van der Waals surface area contributed by atoms with Crippen LogP contribution in [0.2, 0.25) is 10.0 Å². The SMILES string of the molecule is CC(Sc1nnc(-c2ccco2)n1C)C(=O)Nc1ncc(Cl)cc1Cl. The first-order valence-corrected chi connectivity index (χ1v) is 8.81. The van der Waals surface area contributed by atoms with Gasteiger partial charge < -0.3 is 14.3 Å². The van der Waals surface area contributed by atoms with Gasteiger partial charge in [-0.2, -0.15) is 0 Å². The molecule has 3 aromatic heterocycles. The third kappa shape index (κ3) is 3.97. The molecule has 0 bridgehead atoms. The number of nitrogens with zero attached hydrogens (tertiary/aromatic N) is 4. The highest BCUT2D eigenvalue weighted by Crippen LogP contribution is 2.27. The minimum absolute atomic E-state index is 0.260. The zero-order valence-electron chi connectivity index (χ0n) is 13.2. The lowest BCUT2D eigenvalue weighted by atomic mass is 10.4. The molecule has 0 radical (unpaired) electrons. The fraction of sp³-hybridized carbons (Fsp3) is 0.200. The van der Waals surface area contributed by atoms with Crippen molar-refractivity contribution in [1.82, 2.24) is 19.7 Å². The van der Waals surface area contributed by atoms with Gasteiger partial charge in [0.15, 0.2) is 22.6 Å². The molecule has 3 heterocycles. The number of pyridine rings is 1. The Morgan fingerprint density at radius 3 is 2.88 bits per heavy atom. The molecule has 130 valence electrons. The summed E-state index contributed by atoms with van der Waals surface area (Å²) < 4.78 is 7.09. The van der Waals surface area contributed by atoms with E-state index in [1.807, 2.05) is 7.05 Å². The average molecular weight is 398 g/mol. The lowest BCUT2D eigenvalue weighted by Gasteiger charge is -2.12. The molecule has 0 fully saturated rings. The van der Waals surface area contributed by atoms with Crippen LogP contribution in [0.15, 0.2) is 40.2 Å². The fourth-order valence-electron chi connectivity index (χ4n) is 1.97. The molecule has 0 saturated heterocycles. The van der Waals surface area contributed by atoms with Crippen molar-refractivity contribution in [3.63, 3.8) is 0 Å². The van der Waals surface area contributed by atoms with E-state index in [1.165, 1.54) is 24.0 Å². The molecule has 1 N–H and O–H groups in total. The van der Waals surface area contributed by atoms with Gasteiger partial charge in [0.1, 0.15) is 0 Å². The number of rotatable bonds is 5. The largest absolute Gasteiger partial charge is 0.461 e. The smallest absolute Gasteiger partial charge is 0.238 e. The quantitative estimate of drug-likeness (QED) is 0.657. The van der Waals surface area contributed by atoms with E-state index in [0.29, 0.717) is 21.8 Å². The second kappa shape index (κ2) is 7.47. The van der Waals surface area contributed by atoms with Crippen LogP contribution in [0.3, 0.4) is 0 Å². The normalized spacial score (nSPS) is 12.2. The molecular formula is C15H13Cl2N5O2S. The Bertz CT molecular complexity index is 897. The minimum atomic E-state index is -0.444. The molecule has 0 aliphatic carbocycles. The molecule has 0 aliphatic heterocycles. The fourth-order valence-corrected chi connectivity index (χ4v) is 3.22. The van der Waals surface area contributed by atoms with Crippen molar-refractivity contribution in [2.75, 3.05) is 5.32 Å². The third-order valence-corrected chi connectivity index (χ3v) is 4.91. The summed E-state index contributed by atoms with van der Waals surface area (Å²) in [6.45, 7) is 1.76. The standard InChI is InChI=1S/C15H13Cl2N5O2S/c1-8(14(23)19-12-10(17)6-9(16)7-18-12)25-15-21-20-13(22(15)2)11-4-3-5-24-11/h3-8H,1-2H3,(H,18,19,23). The first-order chi connectivity index (χ1) is 12.0. The summed E-state index contributed by atoms with van der Waals surface area (Å²) in [6.07, 6.45) is 2.98. The minimum Gasteiger partial charge on any atom is -0.461 e. The number of amides is 1. The summed E-state index contributed by atoms with van der Waals surface area (Å²) in [5, 5.41) is 11.7. The van der Waals surface area contributed by atoms with Crippen molar-refractivity contribution in [2.24, 2.45) is 7.05 Å². The van der Waals surface area contributed by atoms with Crippen molar-refractivity contribution in [3.8, 4) is 11.6 Å². The summed E-state index contributed by atoms with van der Waals surface area (Å²) in [7, 11) is 1.81. The van der Waals surface area contributed by atoms with E-state index < -0.39 is 5.25 Å². The predicted molar refractivity (Wildman–Crippen MR) is 96.9 cm³/mol. The van der Waals surface area contributed by atoms with Crippen LogP contribution >= 0.6 is 35.0 Å². The number of hydrogen-bond donors (Lipinski definition) is 1. The highest BCUT2D eigenvalue weighted by molar-refractivity contribution is 8.00. The van der Waals surface area contributed by atoms with E-state index in [0.717, 1.165) is 0 Å². The molecule has 1 atom stereocenters. The maximum absolute atomic E-state index is 12.4. The van der Waals surface area contributed by atoms with Crippen molar-refractivity contribution < 1.29 is 9.21 Å². The summed E-state index contributed by atoms with van der Waals surface area (Å²) in [6, 6.07) is 5.08. The molecule has 0 saturated carbocycles. The first-order valence-electron chi connectivity index (χ1n) is 7.17. The van der Waals surface area contributed by atoms with Gasteiger partial charge in [-0.25, -0.2) is 4.98 Å². The van der Waals surface area contributed by atoms with Gasteiger partial charge in [0.2, 0.25) is 5.91 Å². The number of thioether (sulfide) groups is 1. The van der Waals surface area contributed by atoms with Crippen LogP contribution in [0, 0.1) is 0 Å². The number of anilines is 1. The maximum atomic E-state index is 12.4. The van der Waals surface area contributed by atoms with Crippen LogP contribution < -0.4 is 5.32 Å². The topological polar surface area (TPSA) is 85.8 Å². The Morgan fingerprint density at radius 2 is 2.20 bits per heavy atom. The van der Waals surface area contributed by atoms with Gasteiger partial charge in [0, 0.05) is 13.2 Å². The van der Waals surface area contributed by atoms with Gasteiger partial charge in [-0.3, -0.25) is 4.79 Å². The van der Waals surface area contributed by atoms with Crippen molar-refractivity contribution >= 4 is 46.7 Å². The number of furan rings is 1. The summed E-state index contributed by atoms with van der Waals surface area (Å²) in [5.74, 6) is 1.20. The van der Waals surface area contributed by atoms with Crippen LogP contribution in [-0.4, -0.2) is 30.9 Å². The second-order valence-electron chi connectivity index (χ2n) is 5.08. The lowest BCUT2D eigenvalue weighted by Crippen LogP contribution is -2.23. The molecule has 0 aromatic carbocycles. The third-order valence-electron chi connectivity index (χ3n) is 3.28. The first kappa shape index (κ1) is 17.8. The Labute approximate surface area is 157 Å². The van der Waals surface area contributed by atoms with Crippen LogP contribution in [0.4, 0.5) is 5.82 Å². The molecule has 3 rings (SSSR count). The molecule has 7 nitrogen and oxygen atoms in total. The number of hydrogen-bond acceptors (Lipinski definition) is 6. The molecule has 25 heavy (non-hydrogen) atoms. The summed E-state index contributed by atoms with van der Waals surface area (Å²) in [5.41, 5.74) is 0. The van der Waals surface area contributed by atoms with Crippen molar-refractivity contribution in [2.45, 2.75) is 17.3 Å². The highest BCUT2D eigenvalue weighted by Gasteiger charge is 2.21. The second-order valence-corrected chi connectivity index (χ2v) is 7.23. The van der Waals surface area contributed by atoms with E-state index in [1.54, 1.807) is 29.9 Å². The Balaban J connectivity index is 1.69. The summed E-state index contributed by atoms with van der Waals surface area (Å²) in [4.78, 5) is 16.4. The average Bonchev–Trinajstić information content (AvgIpc) is 3.20. The number of aromatic nitrogens is 4. The van der Waals surface area contributed by atoms with Crippen LogP contribution in [0.5, 0.6) is 0 Å². The number of carbonyl (C=O) groups excluding carboxylic acids is 1. The molecule has 10 heteroatoms. The summed E-state index contributed by atoms with van der Waals surface area (Å²) >= 11 is 13.1. The number of nitrogens with one attached hydrogen (secondary N) is 1. The van der Waals surface area contributed by atoms with Crippen LogP contribution in [0.25, 0.3) is 11.6 Å². The monoisotopic (exact) mass is 397 g/mol. The van der Waals surface area contributed by atoms with Crippen molar-refractivity contribution in [3.05, 3.63) is 40.7 Å². The van der Waals surface area contributed by atoms with Crippen LogP contribution in [-0.2, 0) is 11.8 Å². The van der Waals surface area contributed by atoms with E-state index in [4.69, 9.17) is 27.6 Å². The van der Waals surface area contributed by atoms with Crippen molar-refractivity contribution in [1.29, 1.82) is 0 Å². The van der Waals surface area contributed by atoms with E-state index in [9.17, 15) is 4.79 Å². The number of carbonyl (C=O) groups is 1. The Morgan fingerprint density at radius 1 is 1.40 bits per heavy atom. The van der Waals surface area contributed by atoms with E-state index >= 15 is 0 Å².